The van der Waals surface area contributed by atoms with Gasteiger partial charge in [-0.2, -0.15) is 5.10 Å². The van der Waals surface area contributed by atoms with Crippen LogP contribution in [0.1, 0.15) is 18.9 Å². The van der Waals surface area contributed by atoms with Crippen molar-refractivity contribution in [2.45, 2.75) is 18.9 Å². The average molecular weight is 318 g/mol. The molecule has 3 aromatic rings. The molecule has 0 N–H and O–H groups in total. The summed E-state index contributed by atoms with van der Waals surface area (Å²) in [6.07, 6.45) is 3.77. The number of hydrogen-bond acceptors (Lipinski definition) is 3. The molecule has 3 heterocycles. The van der Waals surface area contributed by atoms with Gasteiger partial charge in [0.1, 0.15) is 0 Å². The third-order valence-corrected chi connectivity index (χ3v) is 4.50. The third-order valence-electron chi connectivity index (χ3n) is 4.26. The largest absolute Gasteiger partial charge is 0.379 e. The van der Waals surface area contributed by atoms with Crippen LogP contribution in [-0.2, 0) is 11.8 Å². The first-order valence-electron chi connectivity index (χ1n) is 7.40. The summed E-state index contributed by atoms with van der Waals surface area (Å²) in [5.41, 5.74) is 1.29. The molecule has 1 aliphatic rings. The summed E-state index contributed by atoms with van der Waals surface area (Å²) in [6, 6.07) is 5.71. The predicted octanol–water partition coefficient (Wildman–Crippen LogP) is 2.89. The highest BCUT2D eigenvalue weighted by atomic mass is 35.5. The van der Waals surface area contributed by atoms with E-state index in [0.29, 0.717) is 17.1 Å². The van der Waals surface area contributed by atoms with E-state index in [-0.39, 0.29) is 11.6 Å². The lowest BCUT2D eigenvalue weighted by Gasteiger charge is -2.25. The van der Waals surface area contributed by atoms with Crippen molar-refractivity contribution in [3.05, 3.63) is 39.8 Å². The van der Waals surface area contributed by atoms with Crippen molar-refractivity contribution in [1.82, 2.24) is 14.3 Å². The molecule has 0 aliphatic carbocycles. The number of rotatable bonds is 1. The molecule has 6 heteroatoms. The number of hydrogen-bond donors (Lipinski definition) is 0. The predicted molar refractivity (Wildman–Crippen MR) is 86.6 cm³/mol. The highest BCUT2D eigenvalue weighted by Gasteiger charge is 2.22. The average Bonchev–Trinajstić information content (AvgIpc) is 2.90. The van der Waals surface area contributed by atoms with Gasteiger partial charge in [-0.1, -0.05) is 17.7 Å². The van der Waals surface area contributed by atoms with Crippen molar-refractivity contribution >= 4 is 33.4 Å². The van der Waals surface area contributed by atoms with Gasteiger partial charge in [-0.25, -0.2) is 0 Å². The number of benzene rings is 1. The molecule has 114 valence electrons. The highest BCUT2D eigenvalue weighted by Crippen LogP contribution is 2.29. The van der Waals surface area contributed by atoms with Crippen molar-refractivity contribution < 1.29 is 4.74 Å². The maximum Gasteiger partial charge on any atom is 0.279 e. The lowest BCUT2D eigenvalue weighted by Crippen LogP contribution is -2.31. The highest BCUT2D eigenvalue weighted by molar-refractivity contribution is 6.31. The summed E-state index contributed by atoms with van der Waals surface area (Å²) in [6.45, 7) is 1.32. The number of fused-ring (bicyclic) bond motifs is 3. The van der Waals surface area contributed by atoms with Gasteiger partial charge in [-0.05, 0) is 25.0 Å². The molecular weight excluding hydrogens is 302 g/mol. The molecule has 0 spiro atoms. The van der Waals surface area contributed by atoms with Gasteiger partial charge in [0, 0.05) is 35.6 Å². The lowest BCUT2D eigenvalue weighted by atomic mass is 10.1. The smallest absolute Gasteiger partial charge is 0.279 e. The quantitative estimate of drug-likeness (QED) is 0.693. The number of aromatic nitrogens is 3. The zero-order chi connectivity index (χ0) is 15.3. The molecule has 1 saturated heterocycles. The first-order chi connectivity index (χ1) is 10.6. The van der Waals surface area contributed by atoms with E-state index in [1.807, 2.05) is 36.0 Å². The molecule has 1 unspecified atom stereocenters. The van der Waals surface area contributed by atoms with Crippen LogP contribution in [0.5, 0.6) is 0 Å². The fraction of sp³-hybridized carbons (Fsp3) is 0.375. The molecule has 1 fully saturated rings. The summed E-state index contributed by atoms with van der Waals surface area (Å²) in [5, 5.41) is 6.84. The molecule has 0 bridgehead atoms. The summed E-state index contributed by atoms with van der Waals surface area (Å²) >= 11 is 6.17. The molecule has 5 nitrogen and oxygen atoms in total. The first kappa shape index (κ1) is 13.8. The maximum atomic E-state index is 13.0. The van der Waals surface area contributed by atoms with E-state index in [2.05, 4.69) is 5.10 Å². The van der Waals surface area contributed by atoms with Crippen LogP contribution in [0.15, 0.2) is 29.2 Å². The molecule has 0 amide bonds. The Kier molecular flexibility index (Phi) is 3.20. The van der Waals surface area contributed by atoms with Crippen LogP contribution < -0.4 is 5.56 Å². The molecule has 2 aromatic heterocycles. The minimum atomic E-state index is -0.0686. The van der Waals surface area contributed by atoms with Crippen LogP contribution in [0.2, 0.25) is 5.02 Å². The van der Waals surface area contributed by atoms with Gasteiger partial charge in [-0.3, -0.25) is 9.48 Å². The van der Waals surface area contributed by atoms with Crippen molar-refractivity contribution in [3.63, 3.8) is 0 Å². The van der Waals surface area contributed by atoms with Crippen LogP contribution in [0, 0.1) is 0 Å². The van der Waals surface area contributed by atoms with E-state index >= 15 is 0 Å². The van der Waals surface area contributed by atoms with E-state index in [1.165, 1.54) is 0 Å². The molecule has 1 aromatic carbocycles. The standard InChI is InChI=1S/C16H16ClN3O2/c1-19-8-13-12-5-4-10(17)7-14(12)20(16(21)15(13)18-19)11-3-2-6-22-9-11/h4-5,7-8,11H,2-3,6,9H2,1H3. The zero-order valence-corrected chi connectivity index (χ0v) is 13.0. The summed E-state index contributed by atoms with van der Waals surface area (Å²) < 4.78 is 9.07. The van der Waals surface area contributed by atoms with E-state index in [9.17, 15) is 4.79 Å². The minimum absolute atomic E-state index is 0.0358. The normalized spacial score (nSPS) is 19.1. The van der Waals surface area contributed by atoms with Crippen LogP contribution in [0.25, 0.3) is 21.8 Å². The molecule has 1 aliphatic heterocycles. The third kappa shape index (κ3) is 2.04. The van der Waals surface area contributed by atoms with Gasteiger partial charge in [0.25, 0.3) is 5.56 Å². The topological polar surface area (TPSA) is 49.0 Å². The fourth-order valence-electron chi connectivity index (χ4n) is 3.29. The molecule has 4 rings (SSSR count). The Labute approximate surface area is 132 Å². The zero-order valence-electron chi connectivity index (χ0n) is 12.3. The summed E-state index contributed by atoms with van der Waals surface area (Å²) in [7, 11) is 1.83. The van der Waals surface area contributed by atoms with Gasteiger partial charge in [0.2, 0.25) is 0 Å². The second-order valence-electron chi connectivity index (χ2n) is 5.77. The number of ether oxygens (including phenoxy) is 1. The van der Waals surface area contributed by atoms with Gasteiger partial charge < -0.3 is 9.30 Å². The van der Waals surface area contributed by atoms with Crippen LogP contribution in [-0.4, -0.2) is 27.6 Å². The Morgan fingerprint density at radius 3 is 3.00 bits per heavy atom. The van der Waals surface area contributed by atoms with Gasteiger partial charge in [0.15, 0.2) is 5.52 Å². The van der Waals surface area contributed by atoms with Gasteiger partial charge in [0.05, 0.1) is 18.2 Å². The number of halogens is 1. The van der Waals surface area contributed by atoms with E-state index in [0.717, 1.165) is 35.7 Å². The first-order valence-corrected chi connectivity index (χ1v) is 7.78. The Morgan fingerprint density at radius 1 is 1.36 bits per heavy atom. The SMILES string of the molecule is Cn1cc2c(n1)c(=O)n(C1CCCOC1)c1cc(Cl)ccc21. The maximum absolute atomic E-state index is 13.0. The monoisotopic (exact) mass is 317 g/mol. The molecule has 22 heavy (non-hydrogen) atoms. The van der Waals surface area contributed by atoms with Crippen molar-refractivity contribution in [2.75, 3.05) is 13.2 Å². The second-order valence-corrected chi connectivity index (χ2v) is 6.21. The number of pyridine rings is 1. The van der Waals surface area contributed by atoms with Crippen LogP contribution in [0.4, 0.5) is 0 Å². The van der Waals surface area contributed by atoms with Crippen molar-refractivity contribution in [1.29, 1.82) is 0 Å². The minimum Gasteiger partial charge on any atom is -0.379 e. The lowest BCUT2D eigenvalue weighted by molar-refractivity contribution is 0.0596. The molecular formula is C16H16ClN3O2. The Bertz CT molecular complexity index is 922. The summed E-state index contributed by atoms with van der Waals surface area (Å²) in [4.78, 5) is 13.0. The van der Waals surface area contributed by atoms with E-state index < -0.39 is 0 Å². The number of aryl methyl sites for hydroxylation is 1. The van der Waals surface area contributed by atoms with Gasteiger partial charge in [-0.15, -0.1) is 0 Å². The molecule has 1 atom stereocenters. The second kappa shape index (κ2) is 5.11. The van der Waals surface area contributed by atoms with Crippen LogP contribution in [0.3, 0.4) is 0 Å². The van der Waals surface area contributed by atoms with E-state index in [1.54, 1.807) is 4.68 Å². The summed E-state index contributed by atoms with van der Waals surface area (Å²) in [5.74, 6) is 0. The van der Waals surface area contributed by atoms with Crippen molar-refractivity contribution in [2.24, 2.45) is 7.05 Å². The Balaban J connectivity index is 2.12. The Hall–Kier alpha value is -1.85. The Morgan fingerprint density at radius 2 is 2.23 bits per heavy atom. The van der Waals surface area contributed by atoms with E-state index in [4.69, 9.17) is 16.3 Å². The van der Waals surface area contributed by atoms with Gasteiger partial charge >= 0.3 is 0 Å². The molecule has 0 radical (unpaired) electrons. The number of nitrogens with zero attached hydrogens (tertiary/aromatic N) is 3. The van der Waals surface area contributed by atoms with Crippen LogP contribution >= 0.6 is 11.6 Å². The fourth-order valence-corrected chi connectivity index (χ4v) is 3.46. The molecule has 0 saturated carbocycles. The van der Waals surface area contributed by atoms with Crippen molar-refractivity contribution in [3.8, 4) is 0 Å².